The second-order valence-corrected chi connectivity index (χ2v) is 9.08. The number of hydrogen-bond acceptors (Lipinski definition) is 3. The van der Waals surface area contributed by atoms with Gasteiger partial charge >= 0.3 is 0 Å². The number of carbonyl (C=O) groups excluding carboxylic acids is 1. The molecule has 124 valence electrons. The predicted octanol–water partition coefficient (Wildman–Crippen LogP) is 1.99. The number of sulfonamides is 1. The SMILES string of the molecule is CCCCS(=O)(=O)N1CCC[C@@H](CNC(=O)C(C)(C)C)C1. The normalized spacial score (nSPS) is 21.2. The fourth-order valence-electron chi connectivity index (χ4n) is 2.40. The monoisotopic (exact) mass is 318 g/mol. The molecule has 1 amide bonds. The molecule has 1 rings (SSSR count). The van der Waals surface area contributed by atoms with Crippen LogP contribution in [0.5, 0.6) is 0 Å². The van der Waals surface area contributed by atoms with Crippen LogP contribution < -0.4 is 5.32 Å². The van der Waals surface area contributed by atoms with Crippen molar-refractivity contribution in [1.29, 1.82) is 0 Å². The van der Waals surface area contributed by atoms with Crippen molar-refractivity contribution in [2.45, 2.75) is 53.4 Å². The Labute approximate surface area is 129 Å². The first-order chi connectivity index (χ1) is 9.66. The smallest absolute Gasteiger partial charge is 0.225 e. The number of nitrogens with one attached hydrogen (secondary N) is 1. The zero-order valence-electron chi connectivity index (χ0n) is 13.8. The van der Waals surface area contributed by atoms with Gasteiger partial charge in [0.05, 0.1) is 5.75 Å². The van der Waals surface area contributed by atoms with Crippen LogP contribution in [0.25, 0.3) is 0 Å². The van der Waals surface area contributed by atoms with E-state index in [1.165, 1.54) is 0 Å². The van der Waals surface area contributed by atoms with Crippen LogP contribution in [0.3, 0.4) is 0 Å². The number of carbonyl (C=O) groups is 1. The number of amides is 1. The van der Waals surface area contributed by atoms with Crippen LogP contribution in [0, 0.1) is 11.3 Å². The number of hydrogen-bond donors (Lipinski definition) is 1. The van der Waals surface area contributed by atoms with E-state index < -0.39 is 15.4 Å². The number of nitrogens with zero attached hydrogens (tertiary/aromatic N) is 1. The average Bonchev–Trinajstić information content (AvgIpc) is 2.42. The van der Waals surface area contributed by atoms with E-state index in [0.29, 0.717) is 26.1 Å². The van der Waals surface area contributed by atoms with Crippen molar-refractivity contribution in [3.05, 3.63) is 0 Å². The maximum Gasteiger partial charge on any atom is 0.225 e. The van der Waals surface area contributed by atoms with Crippen molar-refractivity contribution < 1.29 is 13.2 Å². The molecule has 0 aromatic rings. The van der Waals surface area contributed by atoms with Crippen molar-refractivity contribution in [1.82, 2.24) is 9.62 Å². The summed E-state index contributed by atoms with van der Waals surface area (Å²) in [5, 5.41) is 2.95. The van der Waals surface area contributed by atoms with Gasteiger partial charge in [0.2, 0.25) is 15.9 Å². The highest BCUT2D eigenvalue weighted by Gasteiger charge is 2.29. The molecular weight excluding hydrogens is 288 g/mol. The quantitative estimate of drug-likeness (QED) is 0.814. The van der Waals surface area contributed by atoms with E-state index >= 15 is 0 Å². The summed E-state index contributed by atoms with van der Waals surface area (Å²) >= 11 is 0. The lowest BCUT2D eigenvalue weighted by molar-refractivity contribution is -0.128. The molecule has 0 aromatic heterocycles. The standard InChI is InChI=1S/C15H30N2O3S/c1-5-6-10-21(19,20)17-9-7-8-13(12-17)11-16-14(18)15(2,3)4/h13H,5-12H2,1-4H3,(H,16,18)/t13-/m0/s1. The van der Waals surface area contributed by atoms with Crippen LogP contribution in [0.15, 0.2) is 0 Å². The van der Waals surface area contributed by atoms with Crippen LogP contribution in [-0.4, -0.2) is 44.0 Å². The molecule has 6 heteroatoms. The van der Waals surface area contributed by atoms with E-state index in [1.807, 2.05) is 27.7 Å². The summed E-state index contributed by atoms with van der Waals surface area (Å²) in [6.45, 7) is 9.36. The molecule has 1 heterocycles. The largest absolute Gasteiger partial charge is 0.355 e. The Morgan fingerprint density at radius 2 is 2.00 bits per heavy atom. The highest BCUT2D eigenvalue weighted by Crippen LogP contribution is 2.20. The van der Waals surface area contributed by atoms with Crippen LogP contribution in [0.4, 0.5) is 0 Å². The first-order valence-electron chi connectivity index (χ1n) is 7.93. The van der Waals surface area contributed by atoms with E-state index in [-0.39, 0.29) is 17.6 Å². The Kier molecular flexibility index (Phi) is 6.66. The molecule has 5 nitrogen and oxygen atoms in total. The molecule has 1 saturated heterocycles. The van der Waals surface area contributed by atoms with E-state index in [2.05, 4.69) is 5.32 Å². The number of unbranched alkanes of at least 4 members (excludes halogenated alkanes) is 1. The summed E-state index contributed by atoms with van der Waals surface area (Å²) in [6, 6.07) is 0. The topological polar surface area (TPSA) is 66.5 Å². The van der Waals surface area contributed by atoms with Gasteiger partial charge in [0.1, 0.15) is 0 Å². The second-order valence-electron chi connectivity index (χ2n) is 7.00. The molecule has 0 aromatic carbocycles. The van der Waals surface area contributed by atoms with Crippen LogP contribution in [0.1, 0.15) is 53.4 Å². The van der Waals surface area contributed by atoms with Gasteiger partial charge in [-0.15, -0.1) is 0 Å². The van der Waals surface area contributed by atoms with Gasteiger partial charge in [-0.1, -0.05) is 34.1 Å². The van der Waals surface area contributed by atoms with E-state index in [9.17, 15) is 13.2 Å². The molecular formula is C15H30N2O3S. The fourth-order valence-corrected chi connectivity index (χ4v) is 4.16. The molecule has 0 unspecified atom stereocenters. The third-order valence-corrected chi connectivity index (χ3v) is 5.79. The first-order valence-corrected chi connectivity index (χ1v) is 9.54. The Balaban J connectivity index is 2.51. The minimum absolute atomic E-state index is 0.0217. The molecule has 0 aliphatic carbocycles. The van der Waals surface area contributed by atoms with Crippen LogP contribution >= 0.6 is 0 Å². The van der Waals surface area contributed by atoms with Gasteiger partial charge in [0, 0.05) is 25.0 Å². The molecule has 1 aliphatic rings. The third-order valence-electron chi connectivity index (χ3n) is 3.86. The van der Waals surface area contributed by atoms with Crippen molar-refractivity contribution in [3.63, 3.8) is 0 Å². The van der Waals surface area contributed by atoms with Crippen molar-refractivity contribution in [2.24, 2.45) is 11.3 Å². The van der Waals surface area contributed by atoms with Gasteiger partial charge in [-0.3, -0.25) is 4.79 Å². The zero-order chi connectivity index (χ0) is 16.1. The van der Waals surface area contributed by atoms with E-state index in [4.69, 9.17) is 0 Å². The second kappa shape index (κ2) is 7.58. The molecule has 1 N–H and O–H groups in total. The predicted molar refractivity (Wildman–Crippen MR) is 85.5 cm³/mol. The van der Waals surface area contributed by atoms with Gasteiger partial charge in [-0.05, 0) is 25.2 Å². The molecule has 0 radical (unpaired) electrons. The van der Waals surface area contributed by atoms with Gasteiger partial charge in [-0.25, -0.2) is 12.7 Å². The molecule has 0 bridgehead atoms. The summed E-state index contributed by atoms with van der Waals surface area (Å²) in [5.41, 5.74) is -0.401. The minimum atomic E-state index is -3.12. The highest BCUT2D eigenvalue weighted by atomic mass is 32.2. The summed E-state index contributed by atoms with van der Waals surface area (Å²) in [5.74, 6) is 0.486. The summed E-state index contributed by atoms with van der Waals surface area (Å²) in [4.78, 5) is 11.9. The Hall–Kier alpha value is -0.620. The molecule has 0 saturated carbocycles. The molecule has 0 spiro atoms. The Morgan fingerprint density at radius 1 is 1.33 bits per heavy atom. The first kappa shape index (κ1) is 18.4. The van der Waals surface area contributed by atoms with E-state index in [1.54, 1.807) is 4.31 Å². The summed E-state index contributed by atoms with van der Waals surface area (Å²) < 4.78 is 26.1. The molecule has 21 heavy (non-hydrogen) atoms. The highest BCUT2D eigenvalue weighted by molar-refractivity contribution is 7.89. The fraction of sp³-hybridized carbons (Fsp3) is 0.933. The maximum absolute atomic E-state index is 12.2. The van der Waals surface area contributed by atoms with Crippen molar-refractivity contribution in [3.8, 4) is 0 Å². The molecule has 1 aliphatic heterocycles. The van der Waals surface area contributed by atoms with Gasteiger partial charge in [-0.2, -0.15) is 0 Å². The number of rotatable bonds is 6. The van der Waals surface area contributed by atoms with Gasteiger partial charge < -0.3 is 5.32 Å². The lowest BCUT2D eigenvalue weighted by atomic mass is 9.94. The maximum atomic E-state index is 12.2. The van der Waals surface area contributed by atoms with Crippen LogP contribution in [-0.2, 0) is 14.8 Å². The van der Waals surface area contributed by atoms with E-state index in [0.717, 1.165) is 19.3 Å². The Bertz CT molecular complexity index is 440. The summed E-state index contributed by atoms with van der Waals surface area (Å²) in [6.07, 6.45) is 3.45. The average molecular weight is 318 g/mol. The number of piperidine rings is 1. The van der Waals surface area contributed by atoms with Crippen LogP contribution in [0.2, 0.25) is 0 Å². The molecule has 1 fully saturated rings. The Morgan fingerprint density at radius 3 is 2.57 bits per heavy atom. The minimum Gasteiger partial charge on any atom is -0.355 e. The van der Waals surface area contributed by atoms with Crippen molar-refractivity contribution >= 4 is 15.9 Å². The lowest BCUT2D eigenvalue weighted by Gasteiger charge is -2.32. The van der Waals surface area contributed by atoms with Gasteiger partial charge in [0.25, 0.3) is 0 Å². The summed E-state index contributed by atoms with van der Waals surface area (Å²) in [7, 11) is -3.12. The molecule has 1 atom stereocenters. The third kappa shape index (κ3) is 5.94. The lowest BCUT2D eigenvalue weighted by Crippen LogP contribution is -2.45. The van der Waals surface area contributed by atoms with Crippen molar-refractivity contribution in [2.75, 3.05) is 25.4 Å². The van der Waals surface area contributed by atoms with Gasteiger partial charge in [0.15, 0.2) is 0 Å². The zero-order valence-corrected chi connectivity index (χ0v) is 14.6.